The molecule has 1 saturated carbocycles. The van der Waals surface area contributed by atoms with Gasteiger partial charge in [-0.3, -0.25) is 0 Å². The zero-order chi connectivity index (χ0) is 13.9. The van der Waals surface area contributed by atoms with E-state index < -0.39 is 0 Å². The third-order valence-electron chi connectivity index (χ3n) is 3.89. The molecule has 1 aromatic carbocycles. The molecule has 0 bridgehead atoms. The molecule has 1 aliphatic rings. The zero-order valence-electron chi connectivity index (χ0n) is 12.2. The second-order valence-electron chi connectivity index (χ2n) is 5.48. The van der Waals surface area contributed by atoms with Gasteiger partial charge in [-0.15, -0.1) is 0 Å². The minimum Gasteiger partial charge on any atom is -0.493 e. The molecule has 4 heteroatoms. The number of nitrogens with zero attached hydrogens (tertiary/aromatic N) is 1. The molecule has 20 heavy (non-hydrogen) atoms. The summed E-state index contributed by atoms with van der Waals surface area (Å²) in [7, 11) is 3.87. The van der Waals surface area contributed by atoms with Gasteiger partial charge in [-0.2, -0.15) is 0 Å². The number of nitrogens with one attached hydrogen (secondary N) is 1. The lowest BCUT2D eigenvalue weighted by Crippen LogP contribution is -2.30. The number of hydrogen-bond donors (Lipinski definition) is 1. The average Bonchev–Trinajstić information content (AvgIpc) is 3.22. The third kappa shape index (κ3) is 2.97. The number of hydrogen-bond acceptors (Lipinski definition) is 4. The summed E-state index contributed by atoms with van der Waals surface area (Å²) in [6.07, 6.45) is 2.72. The molecule has 4 nitrogen and oxygen atoms in total. The standard InChI is InChI=1S/C16H22N2O2/c1-18(13-6-7-13)9-8-17-11-14-10-12-4-3-5-15(19-2)16(12)20-14/h3-5,10,13,17H,6-9,11H2,1-2H3. The Labute approximate surface area is 119 Å². The molecule has 0 spiro atoms. The number of furan rings is 1. The first kappa shape index (κ1) is 13.5. The van der Waals surface area contributed by atoms with Crippen molar-refractivity contribution in [1.82, 2.24) is 10.2 Å². The first-order valence-corrected chi connectivity index (χ1v) is 7.24. The van der Waals surface area contributed by atoms with E-state index in [0.717, 1.165) is 48.2 Å². The Morgan fingerprint density at radius 3 is 3.00 bits per heavy atom. The molecular formula is C16H22N2O2. The van der Waals surface area contributed by atoms with E-state index in [2.05, 4.69) is 23.3 Å². The van der Waals surface area contributed by atoms with Crippen LogP contribution in [0.1, 0.15) is 18.6 Å². The highest BCUT2D eigenvalue weighted by atomic mass is 16.5. The molecule has 1 heterocycles. The molecule has 3 rings (SSSR count). The SMILES string of the molecule is COc1cccc2cc(CNCCN(C)C3CC3)oc12. The van der Waals surface area contributed by atoms with Crippen molar-refractivity contribution < 1.29 is 9.15 Å². The lowest BCUT2D eigenvalue weighted by molar-refractivity contribution is 0.319. The van der Waals surface area contributed by atoms with Crippen LogP contribution in [0.4, 0.5) is 0 Å². The van der Waals surface area contributed by atoms with Gasteiger partial charge in [-0.1, -0.05) is 12.1 Å². The van der Waals surface area contributed by atoms with E-state index in [0.29, 0.717) is 0 Å². The Bertz CT molecular complexity index is 575. The van der Waals surface area contributed by atoms with Gasteiger partial charge >= 0.3 is 0 Å². The summed E-state index contributed by atoms with van der Waals surface area (Å²) in [5, 5.41) is 4.53. The molecule has 0 radical (unpaired) electrons. The largest absolute Gasteiger partial charge is 0.493 e. The average molecular weight is 274 g/mol. The number of ether oxygens (including phenoxy) is 1. The molecule has 1 aromatic heterocycles. The molecule has 0 saturated heterocycles. The van der Waals surface area contributed by atoms with Crippen LogP contribution in [0.5, 0.6) is 5.75 Å². The highest BCUT2D eigenvalue weighted by Gasteiger charge is 2.25. The topological polar surface area (TPSA) is 37.6 Å². The van der Waals surface area contributed by atoms with Crippen LogP contribution in [0, 0.1) is 0 Å². The number of benzene rings is 1. The molecule has 1 aliphatic carbocycles. The number of methoxy groups -OCH3 is 1. The minimum atomic E-state index is 0.760. The predicted molar refractivity (Wildman–Crippen MR) is 80.1 cm³/mol. The fraction of sp³-hybridized carbons (Fsp3) is 0.500. The summed E-state index contributed by atoms with van der Waals surface area (Å²) in [6.45, 7) is 2.84. The van der Waals surface area contributed by atoms with Gasteiger partial charge in [0.25, 0.3) is 0 Å². The van der Waals surface area contributed by atoms with Crippen LogP contribution < -0.4 is 10.1 Å². The van der Waals surface area contributed by atoms with Crippen molar-refractivity contribution in [1.29, 1.82) is 0 Å². The summed E-state index contributed by atoms with van der Waals surface area (Å²) < 4.78 is 11.2. The first-order valence-electron chi connectivity index (χ1n) is 7.24. The zero-order valence-corrected chi connectivity index (χ0v) is 12.2. The fourth-order valence-corrected chi connectivity index (χ4v) is 2.50. The second kappa shape index (κ2) is 5.85. The molecule has 108 valence electrons. The summed E-state index contributed by atoms with van der Waals surface area (Å²) in [5.41, 5.74) is 0.835. The van der Waals surface area contributed by atoms with Crippen molar-refractivity contribution >= 4 is 11.0 Å². The first-order chi connectivity index (χ1) is 9.78. The smallest absolute Gasteiger partial charge is 0.176 e. The summed E-state index contributed by atoms with van der Waals surface area (Å²) in [5.74, 6) is 1.75. The Morgan fingerprint density at radius 1 is 1.40 bits per heavy atom. The number of fused-ring (bicyclic) bond motifs is 1. The lowest BCUT2D eigenvalue weighted by atomic mass is 10.2. The Hall–Kier alpha value is -1.52. The van der Waals surface area contributed by atoms with Gasteiger partial charge < -0.3 is 19.4 Å². The van der Waals surface area contributed by atoms with Gasteiger partial charge in [0.05, 0.1) is 13.7 Å². The molecule has 0 aliphatic heterocycles. The highest BCUT2D eigenvalue weighted by Crippen LogP contribution is 2.28. The molecular weight excluding hydrogens is 252 g/mol. The third-order valence-corrected chi connectivity index (χ3v) is 3.89. The van der Waals surface area contributed by atoms with Crippen LogP contribution in [-0.4, -0.2) is 38.2 Å². The maximum absolute atomic E-state index is 5.86. The van der Waals surface area contributed by atoms with Crippen molar-refractivity contribution in [3.63, 3.8) is 0 Å². The molecule has 1 fully saturated rings. The van der Waals surface area contributed by atoms with Crippen molar-refractivity contribution in [3.8, 4) is 5.75 Å². The van der Waals surface area contributed by atoms with E-state index in [4.69, 9.17) is 9.15 Å². The van der Waals surface area contributed by atoms with Gasteiger partial charge in [0.2, 0.25) is 0 Å². The van der Waals surface area contributed by atoms with Crippen LogP contribution in [-0.2, 0) is 6.54 Å². The van der Waals surface area contributed by atoms with Crippen LogP contribution >= 0.6 is 0 Å². The Morgan fingerprint density at radius 2 is 2.25 bits per heavy atom. The van der Waals surface area contributed by atoms with Gasteiger partial charge in [0, 0.05) is 24.5 Å². The Balaban J connectivity index is 1.54. The van der Waals surface area contributed by atoms with E-state index in [-0.39, 0.29) is 0 Å². The fourth-order valence-electron chi connectivity index (χ4n) is 2.50. The Kier molecular flexibility index (Phi) is 3.94. The van der Waals surface area contributed by atoms with E-state index in [1.165, 1.54) is 12.8 Å². The number of likely N-dealkylation sites (N-methyl/N-ethyl adjacent to an activating group) is 1. The summed E-state index contributed by atoms with van der Waals surface area (Å²) in [6, 6.07) is 8.86. The van der Waals surface area contributed by atoms with Crippen LogP contribution in [0.25, 0.3) is 11.0 Å². The predicted octanol–water partition coefficient (Wildman–Crippen LogP) is 2.63. The summed E-state index contributed by atoms with van der Waals surface area (Å²) in [4.78, 5) is 2.43. The quantitative estimate of drug-likeness (QED) is 0.788. The van der Waals surface area contributed by atoms with E-state index in [9.17, 15) is 0 Å². The van der Waals surface area contributed by atoms with Crippen molar-refractivity contribution in [3.05, 3.63) is 30.0 Å². The number of rotatable bonds is 7. The normalized spacial score (nSPS) is 15.2. The number of para-hydroxylation sites is 1. The maximum atomic E-state index is 5.86. The molecule has 0 atom stereocenters. The maximum Gasteiger partial charge on any atom is 0.176 e. The van der Waals surface area contributed by atoms with Crippen LogP contribution in [0.3, 0.4) is 0 Å². The van der Waals surface area contributed by atoms with Crippen molar-refractivity contribution in [2.75, 3.05) is 27.2 Å². The van der Waals surface area contributed by atoms with Gasteiger partial charge in [0.15, 0.2) is 11.3 Å². The molecule has 0 unspecified atom stereocenters. The molecule has 2 aromatic rings. The lowest BCUT2D eigenvalue weighted by Gasteiger charge is -2.15. The van der Waals surface area contributed by atoms with E-state index in [1.54, 1.807) is 7.11 Å². The van der Waals surface area contributed by atoms with Gasteiger partial charge in [-0.25, -0.2) is 0 Å². The van der Waals surface area contributed by atoms with Gasteiger partial charge in [-0.05, 0) is 32.0 Å². The summed E-state index contributed by atoms with van der Waals surface area (Å²) >= 11 is 0. The van der Waals surface area contributed by atoms with Gasteiger partial charge in [0.1, 0.15) is 5.76 Å². The van der Waals surface area contributed by atoms with E-state index in [1.807, 2.05) is 18.2 Å². The van der Waals surface area contributed by atoms with Crippen molar-refractivity contribution in [2.45, 2.75) is 25.4 Å². The molecule has 1 N–H and O–H groups in total. The minimum absolute atomic E-state index is 0.760. The van der Waals surface area contributed by atoms with Crippen LogP contribution in [0.15, 0.2) is 28.7 Å². The molecule has 0 amide bonds. The van der Waals surface area contributed by atoms with Crippen molar-refractivity contribution in [2.24, 2.45) is 0 Å². The second-order valence-corrected chi connectivity index (χ2v) is 5.48. The van der Waals surface area contributed by atoms with Crippen LogP contribution in [0.2, 0.25) is 0 Å². The monoisotopic (exact) mass is 274 g/mol. The highest BCUT2D eigenvalue weighted by molar-refractivity contribution is 5.83. The van der Waals surface area contributed by atoms with E-state index >= 15 is 0 Å².